The molecular formula is C18H20N2O. The fourth-order valence-electron chi connectivity index (χ4n) is 2.65. The van der Waals surface area contributed by atoms with Gasteiger partial charge < -0.3 is 15.0 Å². The Balaban J connectivity index is 1.89. The van der Waals surface area contributed by atoms with E-state index >= 15 is 0 Å². The van der Waals surface area contributed by atoms with Crippen molar-refractivity contribution in [1.29, 1.82) is 0 Å². The fourth-order valence-corrected chi connectivity index (χ4v) is 2.65. The van der Waals surface area contributed by atoms with E-state index < -0.39 is 0 Å². The first kappa shape index (κ1) is 13.6. The van der Waals surface area contributed by atoms with Gasteiger partial charge in [0, 0.05) is 17.6 Å². The number of rotatable bonds is 4. The van der Waals surface area contributed by atoms with Gasteiger partial charge in [0.15, 0.2) is 0 Å². The molecule has 0 unspecified atom stereocenters. The number of nitrogen functional groups attached to an aromatic ring is 1. The van der Waals surface area contributed by atoms with Crippen LogP contribution in [-0.2, 0) is 13.2 Å². The maximum absolute atomic E-state index is 6.06. The summed E-state index contributed by atoms with van der Waals surface area (Å²) in [6.45, 7) is 5.66. The monoisotopic (exact) mass is 280 g/mol. The van der Waals surface area contributed by atoms with E-state index in [1.54, 1.807) is 0 Å². The van der Waals surface area contributed by atoms with Crippen molar-refractivity contribution in [3.8, 4) is 5.75 Å². The van der Waals surface area contributed by atoms with Crippen LogP contribution in [0.25, 0.3) is 10.9 Å². The smallest absolute Gasteiger partial charge is 0.128 e. The number of nitrogens with two attached hydrogens (primary N) is 1. The molecule has 0 aliphatic rings. The summed E-state index contributed by atoms with van der Waals surface area (Å²) < 4.78 is 8.15. The van der Waals surface area contributed by atoms with Crippen LogP contribution in [0.3, 0.4) is 0 Å². The largest absolute Gasteiger partial charge is 0.487 e. The van der Waals surface area contributed by atoms with E-state index in [1.807, 2.05) is 24.3 Å². The summed E-state index contributed by atoms with van der Waals surface area (Å²) in [4.78, 5) is 0. The molecule has 2 aromatic carbocycles. The van der Waals surface area contributed by atoms with Gasteiger partial charge in [-0.3, -0.25) is 0 Å². The lowest BCUT2D eigenvalue weighted by molar-refractivity contribution is 0.296. The van der Waals surface area contributed by atoms with E-state index in [0.29, 0.717) is 6.61 Å². The summed E-state index contributed by atoms with van der Waals surface area (Å²) >= 11 is 0. The van der Waals surface area contributed by atoms with Gasteiger partial charge in [-0.2, -0.15) is 0 Å². The van der Waals surface area contributed by atoms with Gasteiger partial charge in [-0.1, -0.05) is 23.8 Å². The van der Waals surface area contributed by atoms with Crippen molar-refractivity contribution >= 4 is 16.6 Å². The van der Waals surface area contributed by atoms with Crippen molar-refractivity contribution in [3.63, 3.8) is 0 Å². The first-order chi connectivity index (χ1) is 10.2. The Hall–Kier alpha value is -2.42. The van der Waals surface area contributed by atoms with Crippen LogP contribution in [0, 0.1) is 6.92 Å². The Morgan fingerprint density at radius 1 is 1.10 bits per heavy atom. The minimum atomic E-state index is 0.547. The number of hydrogen-bond donors (Lipinski definition) is 1. The molecule has 0 aliphatic heterocycles. The zero-order valence-corrected chi connectivity index (χ0v) is 12.5. The zero-order valence-electron chi connectivity index (χ0n) is 12.5. The maximum Gasteiger partial charge on any atom is 0.128 e. The van der Waals surface area contributed by atoms with Gasteiger partial charge in [0.2, 0.25) is 0 Å². The highest BCUT2D eigenvalue weighted by atomic mass is 16.5. The van der Waals surface area contributed by atoms with Gasteiger partial charge >= 0.3 is 0 Å². The quantitative estimate of drug-likeness (QED) is 0.730. The molecule has 21 heavy (non-hydrogen) atoms. The molecule has 0 atom stereocenters. The van der Waals surface area contributed by atoms with Crippen LogP contribution in [0.1, 0.15) is 18.2 Å². The first-order valence-electron chi connectivity index (χ1n) is 7.25. The highest BCUT2D eigenvalue weighted by Crippen LogP contribution is 2.26. The van der Waals surface area contributed by atoms with Crippen LogP contribution < -0.4 is 10.5 Å². The standard InChI is InChI=1S/C18H20N2O/c1-3-20-14(11-16-17(19)5-4-6-18(16)20)12-21-15-9-7-13(2)8-10-15/h4-11H,3,12,19H2,1-2H3. The number of fused-ring (bicyclic) bond motifs is 1. The normalized spacial score (nSPS) is 11.0. The van der Waals surface area contributed by atoms with E-state index in [-0.39, 0.29) is 0 Å². The molecule has 108 valence electrons. The first-order valence-corrected chi connectivity index (χ1v) is 7.25. The van der Waals surface area contributed by atoms with Crippen molar-refractivity contribution in [2.24, 2.45) is 0 Å². The predicted molar refractivity (Wildman–Crippen MR) is 87.5 cm³/mol. The lowest BCUT2D eigenvalue weighted by Crippen LogP contribution is -2.04. The molecule has 3 rings (SSSR count). The van der Waals surface area contributed by atoms with Crippen LogP contribution in [0.5, 0.6) is 5.75 Å². The van der Waals surface area contributed by atoms with Crippen LogP contribution in [-0.4, -0.2) is 4.57 Å². The molecule has 0 amide bonds. The van der Waals surface area contributed by atoms with Crippen molar-refractivity contribution in [2.45, 2.75) is 27.0 Å². The molecule has 2 N–H and O–H groups in total. The van der Waals surface area contributed by atoms with Crippen LogP contribution >= 0.6 is 0 Å². The highest BCUT2D eigenvalue weighted by molar-refractivity contribution is 5.92. The molecule has 0 saturated carbocycles. The second kappa shape index (κ2) is 5.52. The van der Waals surface area contributed by atoms with Gasteiger partial charge in [-0.25, -0.2) is 0 Å². The minimum Gasteiger partial charge on any atom is -0.487 e. The predicted octanol–water partition coefficient (Wildman–Crippen LogP) is 4.13. The van der Waals surface area contributed by atoms with E-state index in [2.05, 4.69) is 42.7 Å². The lowest BCUT2D eigenvalue weighted by Gasteiger charge is -2.10. The molecule has 3 aromatic rings. The second-order valence-electron chi connectivity index (χ2n) is 5.26. The van der Waals surface area contributed by atoms with E-state index in [1.165, 1.54) is 11.1 Å². The lowest BCUT2D eigenvalue weighted by atomic mass is 10.2. The molecule has 0 aliphatic carbocycles. The average Bonchev–Trinajstić information content (AvgIpc) is 2.86. The molecule has 3 nitrogen and oxygen atoms in total. The Morgan fingerprint density at radius 2 is 1.86 bits per heavy atom. The summed E-state index contributed by atoms with van der Waals surface area (Å²) in [5.41, 5.74) is 10.4. The topological polar surface area (TPSA) is 40.2 Å². The second-order valence-corrected chi connectivity index (χ2v) is 5.26. The Kier molecular flexibility index (Phi) is 3.57. The molecule has 1 heterocycles. The number of ether oxygens (including phenoxy) is 1. The van der Waals surface area contributed by atoms with Gasteiger partial charge in [-0.15, -0.1) is 0 Å². The van der Waals surface area contributed by atoms with Crippen LogP contribution in [0.4, 0.5) is 5.69 Å². The summed E-state index contributed by atoms with van der Waals surface area (Å²) in [6, 6.07) is 16.3. The van der Waals surface area contributed by atoms with Crippen LogP contribution in [0.2, 0.25) is 0 Å². The Labute approximate surface area is 125 Å². The average molecular weight is 280 g/mol. The molecule has 0 saturated heterocycles. The fraction of sp³-hybridized carbons (Fsp3) is 0.222. The van der Waals surface area contributed by atoms with Crippen molar-refractivity contribution in [3.05, 3.63) is 59.8 Å². The highest BCUT2D eigenvalue weighted by Gasteiger charge is 2.10. The Bertz CT molecular complexity index is 757. The summed E-state index contributed by atoms with van der Waals surface area (Å²) in [7, 11) is 0. The molecule has 0 bridgehead atoms. The molecule has 0 spiro atoms. The number of benzene rings is 2. The number of nitrogens with zero attached hydrogens (tertiary/aromatic N) is 1. The Morgan fingerprint density at radius 3 is 2.57 bits per heavy atom. The third kappa shape index (κ3) is 2.59. The number of anilines is 1. The molecule has 0 fully saturated rings. The van der Waals surface area contributed by atoms with E-state index in [9.17, 15) is 0 Å². The third-order valence-corrected chi connectivity index (χ3v) is 3.79. The third-order valence-electron chi connectivity index (χ3n) is 3.79. The SMILES string of the molecule is CCn1c(COc2ccc(C)cc2)cc2c(N)cccc21. The maximum atomic E-state index is 6.06. The number of aryl methyl sites for hydroxylation is 2. The molecular weight excluding hydrogens is 260 g/mol. The van der Waals surface area contributed by atoms with E-state index in [0.717, 1.165) is 29.1 Å². The van der Waals surface area contributed by atoms with Gasteiger partial charge in [-0.05, 0) is 44.2 Å². The number of aromatic nitrogens is 1. The number of hydrogen-bond acceptors (Lipinski definition) is 2. The summed E-state index contributed by atoms with van der Waals surface area (Å²) in [5.74, 6) is 0.890. The summed E-state index contributed by atoms with van der Waals surface area (Å²) in [5, 5.41) is 1.10. The van der Waals surface area contributed by atoms with Gasteiger partial charge in [0.25, 0.3) is 0 Å². The van der Waals surface area contributed by atoms with Crippen molar-refractivity contribution in [1.82, 2.24) is 4.57 Å². The molecule has 0 radical (unpaired) electrons. The molecule has 1 aromatic heterocycles. The molecule has 3 heteroatoms. The van der Waals surface area contributed by atoms with Crippen molar-refractivity contribution in [2.75, 3.05) is 5.73 Å². The summed E-state index contributed by atoms with van der Waals surface area (Å²) in [6.07, 6.45) is 0. The van der Waals surface area contributed by atoms with Crippen LogP contribution in [0.15, 0.2) is 48.5 Å². The van der Waals surface area contributed by atoms with Gasteiger partial charge in [0.05, 0.1) is 11.2 Å². The van der Waals surface area contributed by atoms with E-state index in [4.69, 9.17) is 10.5 Å². The zero-order chi connectivity index (χ0) is 14.8. The van der Waals surface area contributed by atoms with Gasteiger partial charge in [0.1, 0.15) is 12.4 Å². The minimum absolute atomic E-state index is 0.547. The van der Waals surface area contributed by atoms with Crippen molar-refractivity contribution < 1.29 is 4.74 Å².